The Kier molecular flexibility index (Phi) is 10.9. The number of aryl methyl sites for hydroxylation is 2. The summed E-state index contributed by atoms with van der Waals surface area (Å²) in [7, 11) is -4.15. The van der Waals surface area contributed by atoms with Gasteiger partial charge >= 0.3 is 0 Å². The minimum atomic E-state index is -4.15. The standard InChI is InChI=1S/C36H40BrN3O4S/c1-26-14-18-31(19-15-26)40(45(43,44)32-20-16-27(2)17-21-32)25-34(41)39(24-29-12-9-13-30(37)22-29)33(35(42)38-36(3,4)5)23-28-10-7-6-8-11-28/h6-22,33H,23-25H2,1-5H3,(H,38,42)/t33-/m0/s1. The van der Waals surface area contributed by atoms with Gasteiger partial charge in [0.05, 0.1) is 10.6 Å². The number of carbonyl (C=O) groups excluding carboxylic acids is 2. The number of benzene rings is 4. The van der Waals surface area contributed by atoms with Gasteiger partial charge in [-0.05, 0) is 82.1 Å². The molecular weight excluding hydrogens is 650 g/mol. The first-order chi connectivity index (χ1) is 21.2. The molecule has 0 radical (unpaired) electrons. The fourth-order valence-electron chi connectivity index (χ4n) is 4.92. The van der Waals surface area contributed by atoms with Gasteiger partial charge < -0.3 is 10.2 Å². The van der Waals surface area contributed by atoms with Crippen molar-refractivity contribution < 1.29 is 18.0 Å². The summed E-state index contributed by atoms with van der Waals surface area (Å²) in [6.45, 7) is 9.05. The summed E-state index contributed by atoms with van der Waals surface area (Å²) in [6.07, 6.45) is 0.248. The van der Waals surface area contributed by atoms with Crippen LogP contribution in [0.3, 0.4) is 0 Å². The van der Waals surface area contributed by atoms with Crippen molar-refractivity contribution in [3.05, 3.63) is 130 Å². The molecule has 9 heteroatoms. The third kappa shape index (κ3) is 9.28. The van der Waals surface area contributed by atoms with Gasteiger partial charge in [-0.15, -0.1) is 0 Å². The second kappa shape index (κ2) is 14.4. The Balaban J connectivity index is 1.81. The fourth-order valence-corrected chi connectivity index (χ4v) is 6.78. The lowest BCUT2D eigenvalue weighted by atomic mass is 10.0. The molecule has 0 spiro atoms. The second-order valence-electron chi connectivity index (χ2n) is 12.3. The minimum Gasteiger partial charge on any atom is -0.350 e. The zero-order chi connectivity index (χ0) is 32.8. The first-order valence-corrected chi connectivity index (χ1v) is 17.0. The van der Waals surface area contributed by atoms with E-state index in [1.54, 1.807) is 36.4 Å². The molecule has 4 aromatic rings. The van der Waals surface area contributed by atoms with Gasteiger partial charge in [-0.2, -0.15) is 0 Å². The Morgan fingerprint density at radius 2 is 1.38 bits per heavy atom. The molecule has 0 aliphatic rings. The molecule has 0 fully saturated rings. The Hall–Kier alpha value is -3.95. The molecule has 0 heterocycles. The number of hydrogen-bond acceptors (Lipinski definition) is 4. The Morgan fingerprint density at radius 3 is 1.96 bits per heavy atom. The van der Waals surface area contributed by atoms with Crippen molar-refractivity contribution in [2.45, 2.75) is 64.1 Å². The topological polar surface area (TPSA) is 86.8 Å². The molecule has 0 saturated carbocycles. The van der Waals surface area contributed by atoms with Crippen LogP contribution in [0, 0.1) is 13.8 Å². The van der Waals surface area contributed by atoms with Gasteiger partial charge in [0, 0.05) is 23.0 Å². The first-order valence-electron chi connectivity index (χ1n) is 14.8. The molecule has 4 aromatic carbocycles. The summed E-state index contributed by atoms with van der Waals surface area (Å²) < 4.78 is 30.2. The van der Waals surface area contributed by atoms with E-state index in [0.717, 1.165) is 31.0 Å². The lowest BCUT2D eigenvalue weighted by molar-refractivity contribution is -0.140. The van der Waals surface area contributed by atoms with Gasteiger partial charge in [0.2, 0.25) is 11.8 Å². The van der Waals surface area contributed by atoms with E-state index in [2.05, 4.69) is 21.2 Å². The summed E-state index contributed by atoms with van der Waals surface area (Å²) >= 11 is 3.51. The molecule has 0 aliphatic carbocycles. The van der Waals surface area contributed by atoms with Crippen LogP contribution in [0.1, 0.15) is 43.0 Å². The largest absolute Gasteiger partial charge is 0.350 e. The van der Waals surface area contributed by atoms with Crippen molar-refractivity contribution in [1.82, 2.24) is 10.2 Å². The zero-order valence-corrected chi connectivity index (χ0v) is 28.7. The summed E-state index contributed by atoms with van der Waals surface area (Å²) in [6, 6.07) is 29.7. The quantitative estimate of drug-likeness (QED) is 0.187. The van der Waals surface area contributed by atoms with Crippen molar-refractivity contribution >= 4 is 43.5 Å². The molecular formula is C36H40BrN3O4S. The molecule has 1 atom stereocenters. The van der Waals surface area contributed by atoms with Gasteiger partial charge in [0.1, 0.15) is 12.6 Å². The van der Waals surface area contributed by atoms with Gasteiger partial charge in [-0.25, -0.2) is 8.42 Å². The highest BCUT2D eigenvalue weighted by Gasteiger charge is 2.35. The number of hydrogen-bond donors (Lipinski definition) is 1. The highest BCUT2D eigenvalue weighted by Crippen LogP contribution is 2.26. The number of halogens is 1. The molecule has 1 N–H and O–H groups in total. The van der Waals surface area contributed by atoms with E-state index in [4.69, 9.17) is 0 Å². The molecule has 7 nitrogen and oxygen atoms in total. The average Bonchev–Trinajstić information content (AvgIpc) is 2.98. The van der Waals surface area contributed by atoms with Crippen molar-refractivity contribution in [2.24, 2.45) is 0 Å². The highest BCUT2D eigenvalue weighted by atomic mass is 79.9. The van der Waals surface area contributed by atoms with E-state index in [0.29, 0.717) is 5.69 Å². The van der Waals surface area contributed by atoms with Crippen molar-refractivity contribution in [3.8, 4) is 0 Å². The normalized spacial score (nSPS) is 12.3. The maximum atomic E-state index is 14.5. The van der Waals surface area contributed by atoms with Crippen LogP contribution in [0.25, 0.3) is 0 Å². The van der Waals surface area contributed by atoms with Gasteiger partial charge in [-0.1, -0.05) is 93.8 Å². The first kappa shape index (κ1) is 33.9. The third-order valence-corrected chi connectivity index (χ3v) is 9.50. The zero-order valence-electron chi connectivity index (χ0n) is 26.3. The molecule has 0 aromatic heterocycles. The van der Waals surface area contributed by atoms with Gasteiger partial charge in [0.15, 0.2) is 0 Å². The number of amides is 2. The number of rotatable bonds is 11. The molecule has 0 aliphatic heterocycles. The van der Waals surface area contributed by atoms with Crippen LogP contribution in [0.15, 0.2) is 112 Å². The van der Waals surface area contributed by atoms with Crippen LogP contribution in [0.2, 0.25) is 0 Å². The van der Waals surface area contributed by atoms with Crippen LogP contribution >= 0.6 is 15.9 Å². The fraction of sp³-hybridized carbons (Fsp3) is 0.278. The average molecular weight is 691 g/mol. The van der Waals surface area contributed by atoms with E-state index >= 15 is 0 Å². The predicted molar refractivity (Wildman–Crippen MR) is 183 cm³/mol. The SMILES string of the molecule is Cc1ccc(N(CC(=O)N(Cc2cccc(Br)c2)[C@@H](Cc2ccccc2)C(=O)NC(C)(C)C)S(=O)(=O)c2ccc(C)cc2)cc1. The highest BCUT2D eigenvalue weighted by molar-refractivity contribution is 9.10. The number of nitrogens with one attached hydrogen (secondary N) is 1. The molecule has 0 bridgehead atoms. The summed E-state index contributed by atoms with van der Waals surface area (Å²) in [5.74, 6) is -0.825. The van der Waals surface area contributed by atoms with Crippen LogP contribution < -0.4 is 9.62 Å². The number of sulfonamides is 1. The molecule has 0 unspecified atom stereocenters. The van der Waals surface area contributed by atoms with Gasteiger partial charge in [0.25, 0.3) is 10.0 Å². The van der Waals surface area contributed by atoms with E-state index in [-0.39, 0.29) is 23.8 Å². The Bertz CT molecular complexity index is 1720. The van der Waals surface area contributed by atoms with E-state index in [1.165, 1.54) is 4.90 Å². The third-order valence-electron chi connectivity index (χ3n) is 7.22. The van der Waals surface area contributed by atoms with E-state index < -0.39 is 34.1 Å². The van der Waals surface area contributed by atoms with Crippen LogP contribution in [-0.4, -0.2) is 43.3 Å². The summed E-state index contributed by atoms with van der Waals surface area (Å²) in [5, 5.41) is 3.05. The molecule has 236 valence electrons. The number of anilines is 1. The Morgan fingerprint density at radius 1 is 0.800 bits per heavy atom. The second-order valence-corrected chi connectivity index (χ2v) is 15.0. The summed E-state index contributed by atoms with van der Waals surface area (Å²) in [5.41, 5.74) is 3.34. The van der Waals surface area contributed by atoms with E-state index in [1.807, 2.05) is 101 Å². The predicted octanol–water partition coefficient (Wildman–Crippen LogP) is 6.82. The lowest BCUT2D eigenvalue weighted by Crippen LogP contribution is -2.56. The maximum absolute atomic E-state index is 14.5. The molecule has 2 amide bonds. The van der Waals surface area contributed by atoms with E-state index in [9.17, 15) is 18.0 Å². The van der Waals surface area contributed by atoms with Crippen LogP contribution in [0.4, 0.5) is 5.69 Å². The molecule has 0 saturated heterocycles. The number of nitrogens with zero attached hydrogens (tertiary/aromatic N) is 2. The van der Waals surface area contributed by atoms with Gasteiger partial charge in [-0.3, -0.25) is 13.9 Å². The number of carbonyl (C=O) groups is 2. The van der Waals surface area contributed by atoms with Crippen LogP contribution in [0.5, 0.6) is 0 Å². The maximum Gasteiger partial charge on any atom is 0.264 e. The van der Waals surface area contributed by atoms with Crippen LogP contribution in [-0.2, 0) is 32.6 Å². The molecule has 45 heavy (non-hydrogen) atoms. The lowest BCUT2D eigenvalue weighted by Gasteiger charge is -2.35. The smallest absolute Gasteiger partial charge is 0.264 e. The molecule has 4 rings (SSSR count). The Labute approximate surface area is 275 Å². The van der Waals surface area contributed by atoms with Crippen molar-refractivity contribution in [3.63, 3.8) is 0 Å². The monoisotopic (exact) mass is 689 g/mol. The van der Waals surface area contributed by atoms with Crippen molar-refractivity contribution in [1.29, 1.82) is 0 Å². The summed E-state index contributed by atoms with van der Waals surface area (Å²) in [4.78, 5) is 30.1. The van der Waals surface area contributed by atoms with Crippen molar-refractivity contribution in [2.75, 3.05) is 10.8 Å². The minimum absolute atomic E-state index is 0.0753.